The Balaban J connectivity index is 1.88. The number of anilines is 1. The average Bonchev–Trinajstić information content (AvgIpc) is 2.97. The smallest absolute Gasteiger partial charge is 0.322 e. The first-order chi connectivity index (χ1) is 7.83. The van der Waals surface area contributed by atoms with Crippen LogP contribution in [0.2, 0.25) is 0 Å². The fraction of sp³-hybridized carbons (Fsp3) is 0.364. The summed E-state index contributed by atoms with van der Waals surface area (Å²) in [6.07, 6.45) is 4.09. The van der Waals surface area contributed by atoms with Crippen LogP contribution in [0.15, 0.2) is 22.9 Å². The molecular formula is C11H12N4O. The van der Waals surface area contributed by atoms with Gasteiger partial charge in [0, 0.05) is 12.2 Å². The second-order valence-electron chi connectivity index (χ2n) is 4.01. The lowest BCUT2D eigenvalue weighted by atomic mass is 10.2. The van der Waals surface area contributed by atoms with E-state index < -0.39 is 0 Å². The number of nitrogens with zero attached hydrogens (tertiary/aromatic N) is 3. The van der Waals surface area contributed by atoms with E-state index >= 15 is 0 Å². The SMILES string of the molecule is Cc1cccnc1-c1noc(NC2CC2)n1. The van der Waals surface area contributed by atoms with Crippen molar-refractivity contribution in [1.29, 1.82) is 0 Å². The average molecular weight is 216 g/mol. The van der Waals surface area contributed by atoms with Crippen LogP contribution >= 0.6 is 0 Å². The lowest BCUT2D eigenvalue weighted by Gasteiger charge is -1.97. The van der Waals surface area contributed by atoms with Crippen molar-refractivity contribution in [3.63, 3.8) is 0 Å². The highest BCUT2D eigenvalue weighted by molar-refractivity contribution is 5.54. The van der Waals surface area contributed by atoms with E-state index in [2.05, 4.69) is 20.4 Å². The van der Waals surface area contributed by atoms with Crippen LogP contribution in [0, 0.1) is 6.92 Å². The van der Waals surface area contributed by atoms with E-state index in [1.54, 1.807) is 6.20 Å². The summed E-state index contributed by atoms with van der Waals surface area (Å²) in [5.41, 5.74) is 1.82. The van der Waals surface area contributed by atoms with E-state index in [0.29, 0.717) is 17.9 Å². The van der Waals surface area contributed by atoms with E-state index in [1.165, 1.54) is 12.8 Å². The van der Waals surface area contributed by atoms with Gasteiger partial charge in [0.15, 0.2) is 0 Å². The minimum absolute atomic E-state index is 0.488. The standard InChI is InChI=1S/C11H12N4O/c1-7-3-2-6-12-9(7)10-14-11(16-15-10)13-8-4-5-8/h2-3,6,8H,4-5H2,1H3,(H,13,14,15). The highest BCUT2D eigenvalue weighted by Gasteiger charge is 2.23. The maximum atomic E-state index is 5.11. The van der Waals surface area contributed by atoms with E-state index in [9.17, 15) is 0 Å². The summed E-state index contributed by atoms with van der Waals surface area (Å²) >= 11 is 0. The Bertz CT molecular complexity index is 504. The Morgan fingerprint density at radius 3 is 3.06 bits per heavy atom. The predicted octanol–water partition coefficient (Wildman–Crippen LogP) is 2.01. The zero-order valence-corrected chi connectivity index (χ0v) is 8.97. The number of hydrogen-bond donors (Lipinski definition) is 1. The van der Waals surface area contributed by atoms with Crippen LogP contribution < -0.4 is 5.32 Å². The zero-order chi connectivity index (χ0) is 11.0. The van der Waals surface area contributed by atoms with Crippen LogP contribution in [-0.2, 0) is 0 Å². The number of aryl methyl sites for hydroxylation is 1. The minimum atomic E-state index is 0.488. The molecule has 0 radical (unpaired) electrons. The van der Waals surface area contributed by atoms with Gasteiger partial charge in [-0.3, -0.25) is 4.98 Å². The van der Waals surface area contributed by atoms with Crippen molar-refractivity contribution in [3.8, 4) is 11.5 Å². The quantitative estimate of drug-likeness (QED) is 0.850. The fourth-order valence-corrected chi connectivity index (χ4v) is 1.50. The van der Waals surface area contributed by atoms with E-state index in [1.807, 2.05) is 19.1 Å². The molecule has 1 saturated carbocycles. The van der Waals surface area contributed by atoms with Gasteiger partial charge in [-0.1, -0.05) is 11.2 Å². The van der Waals surface area contributed by atoms with Gasteiger partial charge in [-0.05, 0) is 31.4 Å². The lowest BCUT2D eigenvalue weighted by Crippen LogP contribution is -2.00. The van der Waals surface area contributed by atoms with Crippen LogP contribution in [0.5, 0.6) is 0 Å². The molecule has 0 atom stereocenters. The molecule has 1 N–H and O–H groups in total. The van der Waals surface area contributed by atoms with E-state index in [-0.39, 0.29) is 0 Å². The highest BCUT2D eigenvalue weighted by atomic mass is 16.5. The number of hydrogen-bond acceptors (Lipinski definition) is 5. The molecule has 0 aliphatic heterocycles. The first-order valence-electron chi connectivity index (χ1n) is 5.35. The van der Waals surface area contributed by atoms with Crippen molar-refractivity contribution >= 4 is 6.01 Å². The van der Waals surface area contributed by atoms with Gasteiger partial charge in [0.1, 0.15) is 5.69 Å². The summed E-state index contributed by atoms with van der Waals surface area (Å²) in [6, 6.07) is 4.87. The minimum Gasteiger partial charge on any atom is -0.335 e. The normalized spacial score (nSPS) is 15.1. The van der Waals surface area contributed by atoms with E-state index in [0.717, 1.165) is 11.3 Å². The van der Waals surface area contributed by atoms with Crippen LogP contribution in [0.4, 0.5) is 6.01 Å². The van der Waals surface area contributed by atoms with Gasteiger partial charge in [0.2, 0.25) is 5.82 Å². The molecule has 0 amide bonds. The summed E-state index contributed by atoms with van der Waals surface area (Å²) < 4.78 is 5.11. The number of aromatic nitrogens is 3. The summed E-state index contributed by atoms with van der Waals surface area (Å²) in [6.45, 7) is 1.98. The molecule has 5 heteroatoms. The van der Waals surface area contributed by atoms with Gasteiger partial charge in [-0.15, -0.1) is 0 Å². The van der Waals surface area contributed by atoms with Gasteiger partial charge in [-0.25, -0.2) is 0 Å². The second kappa shape index (κ2) is 3.59. The van der Waals surface area contributed by atoms with Crippen molar-refractivity contribution in [3.05, 3.63) is 23.9 Å². The number of nitrogens with one attached hydrogen (secondary N) is 1. The molecule has 5 nitrogen and oxygen atoms in total. The molecule has 3 rings (SSSR count). The lowest BCUT2D eigenvalue weighted by molar-refractivity contribution is 0.431. The van der Waals surface area contributed by atoms with E-state index in [4.69, 9.17) is 4.52 Å². The van der Waals surface area contributed by atoms with Crippen molar-refractivity contribution < 1.29 is 4.52 Å². The number of rotatable bonds is 3. The Kier molecular flexibility index (Phi) is 2.09. The molecule has 0 saturated heterocycles. The van der Waals surface area contributed by atoms with Crippen molar-refractivity contribution in [1.82, 2.24) is 15.1 Å². The highest BCUT2D eigenvalue weighted by Crippen LogP contribution is 2.25. The third-order valence-corrected chi connectivity index (χ3v) is 2.55. The third-order valence-electron chi connectivity index (χ3n) is 2.55. The summed E-state index contributed by atoms with van der Waals surface area (Å²) in [5.74, 6) is 0.543. The molecule has 0 unspecified atom stereocenters. The van der Waals surface area contributed by atoms with Gasteiger partial charge in [0.25, 0.3) is 0 Å². The van der Waals surface area contributed by atoms with Crippen LogP contribution in [0.1, 0.15) is 18.4 Å². The second-order valence-corrected chi connectivity index (χ2v) is 4.01. The van der Waals surface area contributed by atoms with Gasteiger partial charge in [0.05, 0.1) is 0 Å². The molecule has 82 valence electrons. The zero-order valence-electron chi connectivity index (χ0n) is 8.97. The van der Waals surface area contributed by atoms with Crippen molar-refractivity contribution in [2.24, 2.45) is 0 Å². The first kappa shape index (κ1) is 9.33. The van der Waals surface area contributed by atoms with Gasteiger partial charge >= 0.3 is 6.01 Å². The summed E-state index contributed by atoms with van der Waals surface area (Å²) in [5, 5.41) is 7.07. The Morgan fingerprint density at radius 2 is 2.31 bits per heavy atom. The Hall–Kier alpha value is -1.91. The van der Waals surface area contributed by atoms with Gasteiger partial charge in [-0.2, -0.15) is 4.98 Å². The fourth-order valence-electron chi connectivity index (χ4n) is 1.50. The third kappa shape index (κ3) is 1.76. The predicted molar refractivity (Wildman–Crippen MR) is 58.9 cm³/mol. The largest absolute Gasteiger partial charge is 0.335 e. The molecule has 2 heterocycles. The topological polar surface area (TPSA) is 63.8 Å². The monoisotopic (exact) mass is 216 g/mol. The molecule has 1 aliphatic carbocycles. The van der Waals surface area contributed by atoms with Crippen LogP contribution in [0.25, 0.3) is 11.5 Å². The first-order valence-corrected chi connectivity index (χ1v) is 5.35. The molecule has 0 aromatic carbocycles. The van der Waals surface area contributed by atoms with Crippen molar-refractivity contribution in [2.45, 2.75) is 25.8 Å². The molecular weight excluding hydrogens is 204 g/mol. The van der Waals surface area contributed by atoms with Gasteiger partial charge < -0.3 is 9.84 Å². The molecule has 0 bridgehead atoms. The molecule has 2 aromatic heterocycles. The van der Waals surface area contributed by atoms with Crippen LogP contribution in [0.3, 0.4) is 0 Å². The Morgan fingerprint density at radius 1 is 1.44 bits per heavy atom. The van der Waals surface area contributed by atoms with Crippen LogP contribution in [-0.4, -0.2) is 21.2 Å². The number of pyridine rings is 1. The Labute approximate surface area is 92.9 Å². The molecule has 2 aromatic rings. The van der Waals surface area contributed by atoms with Crippen molar-refractivity contribution in [2.75, 3.05) is 5.32 Å². The maximum absolute atomic E-state index is 5.11. The summed E-state index contributed by atoms with van der Waals surface area (Å²) in [4.78, 5) is 8.51. The maximum Gasteiger partial charge on any atom is 0.322 e. The summed E-state index contributed by atoms with van der Waals surface area (Å²) in [7, 11) is 0. The molecule has 16 heavy (non-hydrogen) atoms. The molecule has 1 fully saturated rings. The molecule has 1 aliphatic rings. The molecule has 0 spiro atoms.